The van der Waals surface area contributed by atoms with E-state index in [0.717, 1.165) is 29.4 Å². The minimum atomic E-state index is -0.257. The van der Waals surface area contributed by atoms with Crippen LogP contribution in [0.4, 0.5) is 0 Å². The zero-order valence-electron chi connectivity index (χ0n) is 14.1. The van der Waals surface area contributed by atoms with Gasteiger partial charge in [0, 0.05) is 24.0 Å². The van der Waals surface area contributed by atoms with Gasteiger partial charge in [-0.3, -0.25) is 4.79 Å². The van der Waals surface area contributed by atoms with Crippen LogP contribution in [0.15, 0.2) is 42.1 Å². The molecule has 1 atom stereocenters. The van der Waals surface area contributed by atoms with E-state index in [9.17, 15) is 4.79 Å². The maximum absolute atomic E-state index is 12.4. The Bertz CT molecular complexity index is 755. The first-order chi connectivity index (χ1) is 12.1. The summed E-state index contributed by atoms with van der Waals surface area (Å²) < 4.78 is 2.07. The van der Waals surface area contributed by atoms with E-state index in [1.54, 1.807) is 0 Å². The number of aromatic nitrogens is 3. The van der Waals surface area contributed by atoms with E-state index in [0.29, 0.717) is 24.0 Å². The molecule has 0 saturated heterocycles. The van der Waals surface area contributed by atoms with Crippen molar-refractivity contribution >= 4 is 29.3 Å². The van der Waals surface area contributed by atoms with Gasteiger partial charge in [-0.25, -0.2) is 0 Å². The highest BCUT2D eigenvalue weighted by Gasteiger charge is 2.30. The number of thioether (sulfide) groups is 1. The van der Waals surface area contributed by atoms with Gasteiger partial charge in [-0.2, -0.15) is 0 Å². The van der Waals surface area contributed by atoms with Gasteiger partial charge in [-0.1, -0.05) is 41.6 Å². The Balaban J connectivity index is 1.59. The highest BCUT2D eigenvalue weighted by Crippen LogP contribution is 2.40. The molecular formula is C18H21ClN4OS. The molecule has 1 aliphatic rings. The fourth-order valence-corrected chi connectivity index (χ4v) is 3.49. The highest BCUT2D eigenvalue weighted by molar-refractivity contribution is 8.00. The van der Waals surface area contributed by atoms with Gasteiger partial charge in [0.15, 0.2) is 5.16 Å². The fourth-order valence-electron chi connectivity index (χ4n) is 2.48. The van der Waals surface area contributed by atoms with E-state index in [1.807, 2.05) is 37.3 Å². The molecule has 1 aromatic heterocycles. The quantitative estimate of drug-likeness (QED) is 0.562. The number of carbonyl (C=O) groups excluding carboxylic acids is 1. The maximum atomic E-state index is 12.4. The van der Waals surface area contributed by atoms with Crippen molar-refractivity contribution in [2.45, 2.75) is 49.2 Å². The summed E-state index contributed by atoms with van der Waals surface area (Å²) in [5.74, 6) is 1.49. The van der Waals surface area contributed by atoms with E-state index in [4.69, 9.17) is 11.6 Å². The Kier molecular flexibility index (Phi) is 5.81. The smallest absolute Gasteiger partial charge is 0.233 e. The van der Waals surface area contributed by atoms with Crippen LogP contribution in [0.2, 0.25) is 5.02 Å². The molecule has 0 aliphatic heterocycles. The Morgan fingerprint density at radius 2 is 2.16 bits per heavy atom. The molecule has 3 rings (SSSR count). The molecule has 1 aliphatic carbocycles. The number of carbonyl (C=O) groups is 1. The predicted octanol–water partition coefficient (Wildman–Crippen LogP) is 3.79. The van der Waals surface area contributed by atoms with Crippen molar-refractivity contribution in [2.24, 2.45) is 0 Å². The monoisotopic (exact) mass is 376 g/mol. The summed E-state index contributed by atoms with van der Waals surface area (Å²) in [6.07, 6.45) is 4.17. The summed E-state index contributed by atoms with van der Waals surface area (Å²) in [4.78, 5) is 12.4. The third-order valence-corrected chi connectivity index (χ3v) is 5.36. The topological polar surface area (TPSA) is 59.8 Å². The molecule has 0 spiro atoms. The lowest BCUT2D eigenvalue weighted by Crippen LogP contribution is -2.30. The third-order valence-electron chi connectivity index (χ3n) is 4.03. The van der Waals surface area contributed by atoms with Crippen LogP contribution in [0.3, 0.4) is 0 Å². The molecule has 25 heavy (non-hydrogen) atoms. The Morgan fingerprint density at radius 1 is 1.44 bits per heavy atom. The SMILES string of the molecule is C=CCn1c(SC(C)C(=O)NCc2ccc(Cl)cc2)nnc1C1CC1. The number of hydrogen-bond donors (Lipinski definition) is 1. The van der Waals surface area contributed by atoms with Crippen LogP contribution in [-0.2, 0) is 17.9 Å². The Morgan fingerprint density at radius 3 is 2.80 bits per heavy atom. The number of nitrogens with zero attached hydrogens (tertiary/aromatic N) is 3. The van der Waals surface area contributed by atoms with Crippen LogP contribution < -0.4 is 5.32 Å². The molecular weight excluding hydrogens is 356 g/mol. The normalized spacial score (nSPS) is 15.0. The van der Waals surface area contributed by atoms with E-state index < -0.39 is 0 Å². The average molecular weight is 377 g/mol. The van der Waals surface area contributed by atoms with E-state index >= 15 is 0 Å². The third kappa shape index (κ3) is 4.64. The average Bonchev–Trinajstić information content (AvgIpc) is 3.38. The standard InChI is InChI=1S/C18H21ClN4OS/c1-3-10-23-16(14-6-7-14)21-22-18(23)25-12(2)17(24)20-11-13-4-8-15(19)9-5-13/h3-5,8-9,12,14H,1,6-7,10-11H2,2H3,(H,20,24). The number of amides is 1. The van der Waals surface area contributed by atoms with Gasteiger partial charge in [-0.05, 0) is 37.5 Å². The summed E-state index contributed by atoms with van der Waals surface area (Å²) in [7, 11) is 0. The lowest BCUT2D eigenvalue weighted by atomic mass is 10.2. The second kappa shape index (κ2) is 8.06. The van der Waals surface area contributed by atoms with Gasteiger partial charge in [0.1, 0.15) is 5.82 Å². The summed E-state index contributed by atoms with van der Waals surface area (Å²) >= 11 is 7.30. The van der Waals surface area contributed by atoms with Crippen molar-refractivity contribution in [2.75, 3.05) is 0 Å². The van der Waals surface area contributed by atoms with Crippen molar-refractivity contribution in [1.29, 1.82) is 0 Å². The Hall–Kier alpha value is -1.79. The van der Waals surface area contributed by atoms with Crippen LogP contribution in [-0.4, -0.2) is 25.9 Å². The van der Waals surface area contributed by atoms with Crippen LogP contribution in [0.5, 0.6) is 0 Å². The maximum Gasteiger partial charge on any atom is 0.233 e. The van der Waals surface area contributed by atoms with Gasteiger partial charge < -0.3 is 9.88 Å². The number of rotatable bonds is 8. The van der Waals surface area contributed by atoms with E-state index in [1.165, 1.54) is 11.8 Å². The molecule has 1 aromatic carbocycles. The number of hydrogen-bond acceptors (Lipinski definition) is 4. The molecule has 7 heteroatoms. The fraction of sp³-hybridized carbons (Fsp3) is 0.389. The minimum absolute atomic E-state index is 0.0268. The predicted molar refractivity (Wildman–Crippen MR) is 101 cm³/mol. The first kappa shape index (κ1) is 18.0. The van der Waals surface area contributed by atoms with E-state index in [2.05, 4.69) is 26.7 Å². The van der Waals surface area contributed by atoms with Gasteiger partial charge >= 0.3 is 0 Å². The molecule has 0 bridgehead atoms. The minimum Gasteiger partial charge on any atom is -0.351 e. The highest BCUT2D eigenvalue weighted by atomic mass is 35.5. The first-order valence-electron chi connectivity index (χ1n) is 8.31. The van der Waals surface area contributed by atoms with Gasteiger partial charge in [0.25, 0.3) is 0 Å². The molecule has 1 saturated carbocycles. The summed E-state index contributed by atoms with van der Waals surface area (Å²) in [5.41, 5.74) is 1.01. The van der Waals surface area contributed by atoms with Crippen LogP contribution in [0.25, 0.3) is 0 Å². The molecule has 1 N–H and O–H groups in total. The van der Waals surface area contributed by atoms with Gasteiger partial charge in [0.05, 0.1) is 5.25 Å². The van der Waals surface area contributed by atoms with Crippen molar-refractivity contribution in [3.8, 4) is 0 Å². The summed E-state index contributed by atoms with van der Waals surface area (Å²) in [6, 6.07) is 7.45. The van der Waals surface area contributed by atoms with Crippen LogP contribution >= 0.6 is 23.4 Å². The second-order valence-electron chi connectivity index (χ2n) is 6.12. The number of benzene rings is 1. The zero-order chi connectivity index (χ0) is 17.8. The summed E-state index contributed by atoms with van der Waals surface area (Å²) in [5, 5.41) is 12.7. The molecule has 5 nitrogen and oxygen atoms in total. The van der Waals surface area contributed by atoms with Crippen molar-refractivity contribution in [1.82, 2.24) is 20.1 Å². The van der Waals surface area contributed by atoms with Crippen molar-refractivity contribution in [3.05, 3.63) is 53.3 Å². The van der Waals surface area contributed by atoms with Crippen LogP contribution in [0, 0.1) is 0 Å². The van der Waals surface area contributed by atoms with Crippen molar-refractivity contribution < 1.29 is 4.79 Å². The molecule has 2 aromatic rings. The Labute approximate surface area is 156 Å². The lowest BCUT2D eigenvalue weighted by molar-refractivity contribution is -0.120. The summed E-state index contributed by atoms with van der Waals surface area (Å²) in [6.45, 7) is 6.83. The van der Waals surface area contributed by atoms with Crippen LogP contribution in [0.1, 0.15) is 37.1 Å². The largest absolute Gasteiger partial charge is 0.351 e. The van der Waals surface area contributed by atoms with Crippen molar-refractivity contribution in [3.63, 3.8) is 0 Å². The second-order valence-corrected chi connectivity index (χ2v) is 7.86. The van der Waals surface area contributed by atoms with Gasteiger partial charge in [-0.15, -0.1) is 16.8 Å². The molecule has 1 unspecified atom stereocenters. The number of nitrogens with one attached hydrogen (secondary N) is 1. The molecule has 1 heterocycles. The number of halogens is 1. The van der Waals surface area contributed by atoms with Gasteiger partial charge in [0.2, 0.25) is 5.91 Å². The lowest BCUT2D eigenvalue weighted by Gasteiger charge is -2.13. The number of allylic oxidation sites excluding steroid dienone is 1. The molecule has 0 radical (unpaired) electrons. The molecule has 1 amide bonds. The molecule has 1 fully saturated rings. The first-order valence-corrected chi connectivity index (χ1v) is 9.57. The molecule has 132 valence electrons. The zero-order valence-corrected chi connectivity index (χ0v) is 15.7. The van der Waals surface area contributed by atoms with E-state index in [-0.39, 0.29) is 11.2 Å².